The number of aryl methyl sites for hydroxylation is 4. The minimum absolute atomic E-state index is 0.403. The van der Waals surface area contributed by atoms with Crippen LogP contribution in [0.4, 0.5) is 11.4 Å². The van der Waals surface area contributed by atoms with Crippen molar-refractivity contribution in [3.63, 3.8) is 0 Å². The molecule has 0 aliphatic heterocycles. The average molecular weight is 1900 g/mol. The lowest BCUT2D eigenvalue weighted by Gasteiger charge is -2.23. The Morgan fingerprint density at radius 2 is 0.479 bits per heavy atom. The molecule has 2 N–H and O–H groups in total. The molecule has 0 fully saturated rings. The van der Waals surface area contributed by atoms with Crippen LogP contribution in [0.15, 0.2) is 361 Å². The van der Waals surface area contributed by atoms with Gasteiger partial charge in [-0.3, -0.25) is 9.59 Å². The molecule has 0 saturated carbocycles. The molecular weight excluding hydrogens is 1810 g/mol. The quantitative estimate of drug-likeness (QED) is 0.0443. The van der Waals surface area contributed by atoms with Gasteiger partial charge in [0.2, 0.25) is 0 Å². The minimum atomic E-state index is -0.846. The predicted molar refractivity (Wildman–Crippen MR) is 528 cm³/mol. The summed E-state index contributed by atoms with van der Waals surface area (Å²) in [6, 6.07) is 127. The molecule has 0 spiro atoms. The predicted octanol–water partition coefficient (Wildman–Crippen LogP) is 32.7. The van der Waals surface area contributed by atoms with Gasteiger partial charge in [0.1, 0.15) is 0 Å². The molecule has 16 aromatic rings. The van der Waals surface area contributed by atoms with Crippen molar-refractivity contribution in [2.45, 2.75) is 85.5 Å². The van der Waals surface area contributed by atoms with Gasteiger partial charge >= 0.3 is 11.8 Å². The number of anilines is 2. The van der Waals surface area contributed by atoms with Gasteiger partial charge in [0.05, 0.1) is 11.4 Å². The van der Waals surface area contributed by atoms with E-state index >= 15 is 9.59 Å². The van der Waals surface area contributed by atoms with Gasteiger partial charge in [0.15, 0.2) is 0 Å². The molecular formula is C111H90Br2I2N2O2. The fraction of sp³-hybridized carbons (Fsp3) is 0.117. The topological polar surface area (TPSA) is 58.2 Å². The van der Waals surface area contributed by atoms with Crippen LogP contribution in [0.5, 0.6) is 0 Å². The van der Waals surface area contributed by atoms with Gasteiger partial charge in [-0.05, 0) is 357 Å². The highest BCUT2D eigenvalue weighted by atomic mass is 127. The van der Waals surface area contributed by atoms with Crippen LogP contribution in [0.2, 0.25) is 0 Å². The molecule has 0 saturated heterocycles. The molecule has 16 aromatic carbocycles. The molecule has 0 aromatic heterocycles. The van der Waals surface area contributed by atoms with Crippen molar-refractivity contribution >= 4 is 100 Å². The van der Waals surface area contributed by atoms with Crippen molar-refractivity contribution in [3.05, 3.63) is 390 Å². The Bertz CT molecular complexity index is 6250. The number of hydrogen-bond donors (Lipinski definition) is 2. The van der Waals surface area contributed by atoms with Crippen LogP contribution < -0.4 is 10.6 Å². The highest BCUT2D eigenvalue weighted by Crippen LogP contribution is 2.51. The SMILES string of the molecule is CCCCc1ccc(-c2ccc(-c3cc(-c4ccccc4)cc(-c4ccc(-c5ccc(C)cc5)cc4)c3-c3cc(Br)c(NC(=O)C(=O)Nc4c(-c5ccc(I)cc5)cc(-c5c(-c6ccc(-c7ccc(I)cc7)cc6)cc(-c6ccccc6)cc5-c5ccc(-c6ccc(CCCC)cc6)cc5)cc4-c4ccc(CCCC)cc4)c(Br)c3)cc2)cc1. The second-order valence-corrected chi connectivity index (χ2v) is 35.1. The summed E-state index contributed by atoms with van der Waals surface area (Å²) in [6.45, 7) is 8.82. The maximum absolute atomic E-state index is 15.7. The standard InChI is InChI=1S/C111H90Br2I2N2O2/c1-5-8-17-73-26-34-79(35-27-73)82-42-50-86(51-43-82)98-64-92(76-20-13-11-14-21-76)65-99(87-54-46-84(47-55-87)85-56-60-96(114)61-57-85)106(98)94-68-102(90-38-30-75(31-39-90)19-10-7-3)108(103(69-94)91-58-62-97(115)63-59-91)116-110(118)111(119)117-109-104(112)70-95(71-105(109)113)107-100(88-48-40-81(41-49-88)78-32-24-72(4)25-33-78)66-93(77-22-15-12-16-23-77)67-101(107)89-52-44-83(45-53-89)80-36-28-74(29-37-80)18-9-6-2/h11-16,20-71H,5-10,17-19H2,1-4H3,(H,116,118)(H,117,119). The molecule has 4 nitrogen and oxygen atoms in total. The molecule has 0 aliphatic carbocycles. The zero-order chi connectivity index (χ0) is 81.9. The van der Waals surface area contributed by atoms with Gasteiger partial charge in [0, 0.05) is 27.2 Å². The third kappa shape index (κ3) is 19.0. The molecule has 2 amide bonds. The third-order valence-corrected chi connectivity index (χ3v) is 25.4. The third-order valence-electron chi connectivity index (χ3n) is 22.7. The van der Waals surface area contributed by atoms with E-state index in [2.05, 4.69) is 467 Å². The zero-order valence-electron chi connectivity index (χ0n) is 67.2. The van der Waals surface area contributed by atoms with Crippen molar-refractivity contribution in [2.24, 2.45) is 0 Å². The summed E-state index contributed by atoms with van der Waals surface area (Å²) in [7, 11) is 0. The summed E-state index contributed by atoms with van der Waals surface area (Å²) in [6.07, 6.45) is 9.82. The van der Waals surface area contributed by atoms with Gasteiger partial charge in [-0.1, -0.05) is 325 Å². The summed E-state index contributed by atoms with van der Waals surface area (Å²) in [5.74, 6) is -1.68. The second kappa shape index (κ2) is 37.9. The number of nitrogens with one attached hydrogen (secondary N) is 2. The molecule has 584 valence electrons. The van der Waals surface area contributed by atoms with Crippen LogP contribution >= 0.6 is 77.0 Å². The Kier molecular flexibility index (Phi) is 26.0. The Labute approximate surface area is 744 Å². The number of hydrogen-bond acceptors (Lipinski definition) is 2. The lowest BCUT2D eigenvalue weighted by Crippen LogP contribution is -2.29. The van der Waals surface area contributed by atoms with Gasteiger partial charge < -0.3 is 10.6 Å². The molecule has 16 rings (SSSR count). The number of rotatable bonds is 25. The highest BCUT2D eigenvalue weighted by molar-refractivity contribution is 14.1. The van der Waals surface area contributed by atoms with E-state index in [1.807, 2.05) is 0 Å². The van der Waals surface area contributed by atoms with Gasteiger partial charge in [-0.25, -0.2) is 0 Å². The first-order valence-corrected chi connectivity index (χ1v) is 45.0. The number of unbranched alkanes of at least 4 members (excludes halogenated alkanes) is 3. The first kappa shape index (κ1) is 81.6. The lowest BCUT2D eigenvalue weighted by atomic mass is 9.82. The largest absolute Gasteiger partial charge is 0.317 e. The van der Waals surface area contributed by atoms with Crippen molar-refractivity contribution in [1.29, 1.82) is 0 Å². The van der Waals surface area contributed by atoms with Crippen LogP contribution in [0.3, 0.4) is 0 Å². The fourth-order valence-corrected chi connectivity index (χ4v) is 18.2. The molecule has 0 aliphatic rings. The first-order chi connectivity index (χ1) is 58.2. The van der Waals surface area contributed by atoms with Crippen molar-refractivity contribution < 1.29 is 9.59 Å². The summed E-state index contributed by atoms with van der Waals surface area (Å²) in [5.41, 5.74) is 34.9. The Hall–Kier alpha value is -11.1. The van der Waals surface area contributed by atoms with Crippen molar-refractivity contribution in [1.82, 2.24) is 0 Å². The first-order valence-electron chi connectivity index (χ1n) is 41.2. The maximum Gasteiger partial charge on any atom is 0.314 e. The van der Waals surface area contributed by atoms with E-state index in [4.69, 9.17) is 0 Å². The smallest absolute Gasteiger partial charge is 0.314 e. The molecule has 0 heterocycles. The van der Waals surface area contributed by atoms with Crippen LogP contribution in [-0.2, 0) is 28.9 Å². The summed E-state index contributed by atoms with van der Waals surface area (Å²) in [5, 5.41) is 6.44. The van der Waals surface area contributed by atoms with E-state index in [1.54, 1.807) is 0 Å². The van der Waals surface area contributed by atoms with Crippen LogP contribution in [0.25, 0.3) is 156 Å². The second-order valence-electron chi connectivity index (χ2n) is 30.9. The number of amides is 2. The van der Waals surface area contributed by atoms with E-state index in [0.29, 0.717) is 20.3 Å². The monoisotopic (exact) mass is 1890 g/mol. The normalized spacial score (nSPS) is 11.2. The van der Waals surface area contributed by atoms with Crippen molar-refractivity contribution in [3.8, 4) is 156 Å². The summed E-state index contributed by atoms with van der Waals surface area (Å²) < 4.78 is 3.39. The zero-order valence-corrected chi connectivity index (χ0v) is 74.7. The summed E-state index contributed by atoms with van der Waals surface area (Å²) >= 11 is 12.8. The highest BCUT2D eigenvalue weighted by Gasteiger charge is 2.28. The van der Waals surface area contributed by atoms with E-state index in [9.17, 15) is 0 Å². The fourth-order valence-electron chi connectivity index (χ4n) is 16.1. The van der Waals surface area contributed by atoms with Crippen LogP contribution in [-0.4, -0.2) is 11.8 Å². The molecule has 0 unspecified atom stereocenters. The molecule has 0 atom stereocenters. The van der Waals surface area contributed by atoms with Gasteiger partial charge in [-0.2, -0.15) is 0 Å². The van der Waals surface area contributed by atoms with E-state index in [-0.39, 0.29) is 0 Å². The number of halogens is 4. The van der Waals surface area contributed by atoms with Crippen LogP contribution in [0.1, 0.15) is 81.5 Å². The minimum Gasteiger partial charge on any atom is -0.317 e. The van der Waals surface area contributed by atoms with E-state index < -0.39 is 11.8 Å². The molecule has 0 bridgehead atoms. The van der Waals surface area contributed by atoms with Crippen molar-refractivity contribution in [2.75, 3.05) is 10.6 Å². The Balaban J connectivity index is 0.827. The lowest BCUT2D eigenvalue weighted by molar-refractivity contribution is -0.133. The van der Waals surface area contributed by atoms with Crippen LogP contribution in [0, 0.1) is 14.1 Å². The molecule has 8 heteroatoms. The molecule has 0 radical (unpaired) electrons. The van der Waals surface area contributed by atoms with E-state index in [1.165, 1.54) is 37.0 Å². The van der Waals surface area contributed by atoms with Gasteiger partial charge in [0.25, 0.3) is 0 Å². The maximum atomic E-state index is 15.7. The molecule has 119 heavy (non-hydrogen) atoms. The number of carbonyl (C=O) groups excluding carboxylic acids is 2. The van der Waals surface area contributed by atoms with E-state index in [0.717, 1.165) is 206 Å². The average Bonchev–Trinajstić information content (AvgIpc) is 0.748. The number of carbonyl (C=O) groups is 2. The summed E-state index contributed by atoms with van der Waals surface area (Å²) in [4.78, 5) is 31.1. The Morgan fingerprint density at radius 3 is 0.790 bits per heavy atom. The number of benzene rings is 16. The Morgan fingerprint density at radius 1 is 0.252 bits per heavy atom. The van der Waals surface area contributed by atoms with Gasteiger partial charge in [-0.15, -0.1) is 0 Å².